The maximum atomic E-state index is 12.4. The van der Waals surface area contributed by atoms with E-state index in [2.05, 4.69) is 0 Å². The van der Waals surface area contributed by atoms with Crippen molar-refractivity contribution in [3.05, 3.63) is 35.9 Å². The average Bonchev–Trinajstić information content (AvgIpc) is 2.64. The molecule has 17 heavy (non-hydrogen) atoms. The molecule has 0 N–H and O–H groups in total. The van der Waals surface area contributed by atoms with E-state index in [1.807, 2.05) is 32.0 Å². The Morgan fingerprint density at radius 1 is 1.41 bits per heavy atom. The Balaban J connectivity index is 2.29. The summed E-state index contributed by atoms with van der Waals surface area (Å²) in [4.78, 5) is 14.0. The average molecular weight is 235 g/mol. The Morgan fingerprint density at radius 3 is 2.65 bits per heavy atom. The van der Waals surface area contributed by atoms with Gasteiger partial charge in [0.2, 0.25) is 0 Å². The van der Waals surface area contributed by atoms with Crippen LogP contribution < -0.4 is 0 Å². The summed E-state index contributed by atoms with van der Waals surface area (Å²) in [6, 6.07) is 9.17. The second-order valence-corrected chi connectivity index (χ2v) is 4.49. The van der Waals surface area contributed by atoms with E-state index in [1.54, 1.807) is 24.1 Å². The van der Waals surface area contributed by atoms with Crippen LogP contribution in [0.25, 0.3) is 0 Å². The fraction of sp³-hybridized carbons (Fsp3) is 0.462. The molecule has 1 fully saturated rings. The Labute approximate surface area is 101 Å². The summed E-state index contributed by atoms with van der Waals surface area (Å²) in [6.07, 6.45) is -0.322. The third-order valence-electron chi connectivity index (χ3n) is 2.96. The highest BCUT2D eigenvalue weighted by atomic mass is 16.6. The molecule has 1 atom stereocenters. The van der Waals surface area contributed by atoms with Crippen LogP contribution >= 0.6 is 0 Å². The molecule has 1 aromatic rings. The SMILES string of the molecule is CO[C@@H]1COC(C)(C)N1C(=O)c1ccccc1. The smallest absolute Gasteiger partial charge is 0.258 e. The first-order valence-electron chi connectivity index (χ1n) is 5.62. The van der Waals surface area contributed by atoms with Crippen molar-refractivity contribution in [1.29, 1.82) is 0 Å². The van der Waals surface area contributed by atoms with Crippen LogP contribution in [-0.4, -0.2) is 36.5 Å². The lowest BCUT2D eigenvalue weighted by atomic mass is 10.1. The van der Waals surface area contributed by atoms with Gasteiger partial charge in [-0.3, -0.25) is 9.69 Å². The lowest BCUT2D eigenvalue weighted by molar-refractivity contribution is -0.0569. The van der Waals surface area contributed by atoms with Gasteiger partial charge in [-0.25, -0.2) is 0 Å². The van der Waals surface area contributed by atoms with Crippen LogP contribution in [0, 0.1) is 0 Å². The van der Waals surface area contributed by atoms with E-state index in [9.17, 15) is 4.79 Å². The van der Waals surface area contributed by atoms with Gasteiger partial charge >= 0.3 is 0 Å². The van der Waals surface area contributed by atoms with Crippen molar-refractivity contribution in [2.45, 2.75) is 25.8 Å². The van der Waals surface area contributed by atoms with Crippen molar-refractivity contribution < 1.29 is 14.3 Å². The summed E-state index contributed by atoms with van der Waals surface area (Å²) < 4.78 is 10.9. The maximum Gasteiger partial charge on any atom is 0.258 e. The number of ether oxygens (including phenoxy) is 2. The summed E-state index contributed by atoms with van der Waals surface area (Å²) in [5.74, 6) is -0.0695. The monoisotopic (exact) mass is 235 g/mol. The van der Waals surface area contributed by atoms with Crippen molar-refractivity contribution in [1.82, 2.24) is 4.90 Å². The Bertz CT molecular complexity index is 402. The van der Waals surface area contributed by atoms with Crippen LogP contribution in [-0.2, 0) is 9.47 Å². The van der Waals surface area contributed by atoms with Gasteiger partial charge in [0, 0.05) is 12.7 Å². The van der Waals surface area contributed by atoms with Crippen LogP contribution in [0.1, 0.15) is 24.2 Å². The molecule has 2 rings (SSSR count). The highest BCUT2D eigenvalue weighted by Crippen LogP contribution is 2.29. The topological polar surface area (TPSA) is 38.8 Å². The van der Waals surface area contributed by atoms with Gasteiger partial charge in [-0.2, -0.15) is 0 Å². The summed E-state index contributed by atoms with van der Waals surface area (Å²) in [5, 5.41) is 0. The Hall–Kier alpha value is -1.39. The molecule has 4 heteroatoms. The minimum Gasteiger partial charge on any atom is -0.359 e. The molecule has 4 nitrogen and oxygen atoms in total. The molecule has 1 aliphatic heterocycles. The zero-order valence-electron chi connectivity index (χ0n) is 10.3. The van der Waals surface area contributed by atoms with Crippen LogP contribution in [0.15, 0.2) is 30.3 Å². The maximum absolute atomic E-state index is 12.4. The van der Waals surface area contributed by atoms with Crippen LogP contribution in [0.2, 0.25) is 0 Å². The first-order chi connectivity index (χ1) is 8.06. The first kappa shape index (κ1) is 12.1. The van der Waals surface area contributed by atoms with Crippen molar-refractivity contribution in [2.75, 3.05) is 13.7 Å². The number of amides is 1. The third-order valence-corrected chi connectivity index (χ3v) is 2.96. The Kier molecular flexibility index (Phi) is 3.17. The fourth-order valence-electron chi connectivity index (χ4n) is 2.03. The molecular formula is C13H17NO3. The molecule has 0 radical (unpaired) electrons. The van der Waals surface area contributed by atoms with Crippen molar-refractivity contribution >= 4 is 5.91 Å². The quantitative estimate of drug-likeness (QED) is 0.785. The molecule has 0 saturated carbocycles. The summed E-state index contributed by atoms with van der Waals surface area (Å²) in [6.45, 7) is 4.14. The predicted octanol–water partition coefficient (Wildman–Crippen LogP) is 1.87. The van der Waals surface area contributed by atoms with E-state index in [1.165, 1.54) is 0 Å². The summed E-state index contributed by atoms with van der Waals surface area (Å²) in [7, 11) is 1.58. The normalized spacial score (nSPS) is 22.8. The molecule has 0 unspecified atom stereocenters. The molecular weight excluding hydrogens is 218 g/mol. The standard InChI is InChI=1S/C13H17NO3/c1-13(2)14(11(16-3)9-17-13)12(15)10-7-5-4-6-8-10/h4-8,11H,9H2,1-3H3/t11-/m1/s1. The zero-order valence-corrected chi connectivity index (χ0v) is 10.3. The van der Waals surface area contributed by atoms with Crippen LogP contribution in [0.5, 0.6) is 0 Å². The number of hydrogen-bond acceptors (Lipinski definition) is 3. The highest BCUT2D eigenvalue weighted by molar-refractivity contribution is 5.94. The number of hydrogen-bond donors (Lipinski definition) is 0. The number of carbonyl (C=O) groups excluding carboxylic acids is 1. The molecule has 0 aromatic heterocycles. The van der Waals surface area contributed by atoms with Gasteiger partial charge in [-0.1, -0.05) is 18.2 Å². The lowest BCUT2D eigenvalue weighted by Crippen LogP contribution is -2.48. The van der Waals surface area contributed by atoms with Gasteiger partial charge in [0.15, 0.2) is 6.23 Å². The van der Waals surface area contributed by atoms with Gasteiger partial charge in [-0.15, -0.1) is 0 Å². The molecule has 0 bridgehead atoms. The predicted molar refractivity (Wildman–Crippen MR) is 63.4 cm³/mol. The highest BCUT2D eigenvalue weighted by Gasteiger charge is 2.44. The second-order valence-electron chi connectivity index (χ2n) is 4.49. The van der Waals surface area contributed by atoms with E-state index in [0.29, 0.717) is 12.2 Å². The van der Waals surface area contributed by atoms with Crippen molar-refractivity contribution in [3.8, 4) is 0 Å². The molecule has 1 saturated heterocycles. The third kappa shape index (κ3) is 2.18. The van der Waals surface area contributed by atoms with E-state index in [-0.39, 0.29) is 12.1 Å². The number of carbonyl (C=O) groups is 1. The van der Waals surface area contributed by atoms with Crippen LogP contribution in [0.4, 0.5) is 0 Å². The van der Waals surface area contributed by atoms with Gasteiger partial charge in [0.1, 0.15) is 5.72 Å². The number of benzene rings is 1. The van der Waals surface area contributed by atoms with Gasteiger partial charge < -0.3 is 9.47 Å². The lowest BCUT2D eigenvalue weighted by Gasteiger charge is -2.32. The molecule has 0 aliphatic carbocycles. The summed E-state index contributed by atoms with van der Waals surface area (Å²) >= 11 is 0. The molecule has 1 aliphatic rings. The van der Waals surface area contributed by atoms with E-state index in [4.69, 9.17) is 9.47 Å². The molecule has 92 valence electrons. The minimum absolute atomic E-state index is 0.0695. The molecule has 1 heterocycles. The summed E-state index contributed by atoms with van der Waals surface area (Å²) in [5.41, 5.74) is 0.0151. The Morgan fingerprint density at radius 2 is 2.06 bits per heavy atom. The van der Waals surface area contributed by atoms with Crippen molar-refractivity contribution in [3.63, 3.8) is 0 Å². The van der Waals surface area contributed by atoms with Crippen LogP contribution in [0.3, 0.4) is 0 Å². The van der Waals surface area contributed by atoms with Gasteiger partial charge in [0.25, 0.3) is 5.91 Å². The molecule has 0 spiro atoms. The van der Waals surface area contributed by atoms with E-state index >= 15 is 0 Å². The van der Waals surface area contributed by atoms with Gasteiger partial charge in [0.05, 0.1) is 6.61 Å². The molecule has 1 aromatic carbocycles. The second kappa shape index (κ2) is 4.47. The van der Waals surface area contributed by atoms with Gasteiger partial charge in [-0.05, 0) is 26.0 Å². The molecule has 1 amide bonds. The first-order valence-corrected chi connectivity index (χ1v) is 5.62. The fourth-order valence-corrected chi connectivity index (χ4v) is 2.03. The van der Waals surface area contributed by atoms with Crippen molar-refractivity contribution in [2.24, 2.45) is 0 Å². The van der Waals surface area contributed by atoms with E-state index < -0.39 is 5.72 Å². The largest absolute Gasteiger partial charge is 0.359 e. The minimum atomic E-state index is -0.631. The zero-order chi connectivity index (χ0) is 12.5. The number of nitrogens with zero attached hydrogens (tertiary/aromatic N) is 1. The number of methoxy groups -OCH3 is 1. The number of rotatable bonds is 2. The van der Waals surface area contributed by atoms with E-state index in [0.717, 1.165) is 0 Å².